The summed E-state index contributed by atoms with van der Waals surface area (Å²) in [5.74, 6) is 0. The van der Waals surface area contributed by atoms with Crippen LogP contribution in [0.3, 0.4) is 0 Å². The van der Waals surface area contributed by atoms with Gasteiger partial charge in [-0.05, 0) is 11.5 Å². The summed E-state index contributed by atoms with van der Waals surface area (Å²) in [6.07, 6.45) is 0. The van der Waals surface area contributed by atoms with Crippen LogP contribution in [0.1, 0.15) is 0 Å². The zero-order chi connectivity index (χ0) is 9.10. The van der Waals surface area contributed by atoms with Crippen molar-refractivity contribution in [3.05, 3.63) is 59.4 Å². The van der Waals surface area contributed by atoms with Crippen molar-refractivity contribution in [2.75, 3.05) is 0 Å². The Morgan fingerprint density at radius 2 is 1.46 bits per heavy atom. The molecule has 0 saturated carbocycles. The Balaban J connectivity index is 3.13. The van der Waals surface area contributed by atoms with Gasteiger partial charge >= 0.3 is 5.36 Å². The molecular formula is C11H8N2. The standard InChI is InChI=1S/C11H8N2/c12-13-11-8-4-2-6-9-5-1-3-7-10(9)11/h1-8H. The van der Waals surface area contributed by atoms with Crippen LogP contribution in [0, 0.1) is 0 Å². The highest BCUT2D eigenvalue weighted by Gasteiger charge is 1.95. The summed E-state index contributed by atoms with van der Waals surface area (Å²) in [7, 11) is 0. The van der Waals surface area contributed by atoms with E-state index in [2.05, 4.69) is 4.79 Å². The van der Waals surface area contributed by atoms with Gasteiger partial charge in [0.2, 0.25) is 0 Å². The van der Waals surface area contributed by atoms with Crippen LogP contribution in [-0.2, 0) is 0 Å². The molecule has 2 heteroatoms. The molecule has 0 fully saturated rings. The Hall–Kier alpha value is -1.92. The number of rotatable bonds is 0. The lowest BCUT2D eigenvalue weighted by Gasteiger charge is -1.85. The van der Waals surface area contributed by atoms with E-state index < -0.39 is 0 Å². The third kappa shape index (κ3) is 1.35. The summed E-state index contributed by atoms with van der Waals surface area (Å²) in [6, 6.07) is 15.4. The van der Waals surface area contributed by atoms with Gasteiger partial charge in [-0.25, -0.2) is 0 Å². The van der Waals surface area contributed by atoms with Gasteiger partial charge in [-0.2, -0.15) is 4.79 Å². The molecule has 2 aromatic carbocycles. The van der Waals surface area contributed by atoms with Crippen LogP contribution in [0.2, 0.25) is 0 Å². The minimum absolute atomic E-state index is 0.598. The summed E-state index contributed by atoms with van der Waals surface area (Å²) in [4.78, 5) is 3.24. The van der Waals surface area contributed by atoms with Crippen molar-refractivity contribution in [3.63, 3.8) is 0 Å². The molecule has 2 rings (SSSR count). The molecule has 0 unspecified atom stereocenters. The molecule has 0 saturated heterocycles. The van der Waals surface area contributed by atoms with Crippen molar-refractivity contribution in [1.82, 2.24) is 0 Å². The van der Waals surface area contributed by atoms with Crippen molar-refractivity contribution in [2.45, 2.75) is 0 Å². The van der Waals surface area contributed by atoms with Crippen molar-refractivity contribution in [1.29, 1.82) is 0 Å². The van der Waals surface area contributed by atoms with Crippen LogP contribution in [0.25, 0.3) is 16.3 Å². The first kappa shape index (κ1) is 7.71. The van der Waals surface area contributed by atoms with Crippen molar-refractivity contribution >= 4 is 10.8 Å². The predicted octanol–water partition coefficient (Wildman–Crippen LogP) is 1.97. The Morgan fingerprint density at radius 1 is 0.846 bits per heavy atom. The second kappa shape index (κ2) is 3.21. The topological polar surface area (TPSA) is 36.4 Å². The molecule has 13 heavy (non-hydrogen) atoms. The molecule has 0 heterocycles. The fourth-order valence-electron chi connectivity index (χ4n) is 1.36. The lowest BCUT2D eigenvalue weighted by atomic mass is 10.2. The lowest BCUT2D eigenvalue weighted by Crippen LogP contribution is -1.99. The first-order valence-corrected chi connectivity index (χ1v) is 4.08. The monoisotopic (exact) mass is 168 g/mol. The molecule has 0 aliphatic rings. The molecule has 0 amide bonds. The first-order valence-electron chi connectivity index (χ1n) is 4.08. The molecule has 62 valence electrons. The average molecular weight is 168 g/mol. The van der Waals surface area contributed by atoms with Gasteiger partial charge in [0.1, 0.15) is 0 Å². The number of hydrogen-bond donors (Lipinski definition) is 0. The van der Waals surface area contributed by atoms with Gasteiger partial charge in [-0.3, -0.25) is 0 Å². The van der Waals surface area contributed by atoms with E-state index in [9.17, 15) is 0 Å². The lowest BCUT2D eigenvalue weighted by molar-refractivity contribution is -0.0625. The fourth-order valence-corrected chi connectivity index (χ4v) is 1.36. The van der Waals surface area contributed by atoms with E-state index in [-0.39, 0.29) is 0 Å². The van der Waals surface area contributed by atoms with Gasteiger partial charge in [-0.15, -0.1) is 0 Å². The van der Waals surface area contributed by atoms with Crippen LogP contribution in [0.4, 0.5) is 0 Å². The summed E-state index contributed by atoms with van der Waals surface area (Å²) < 4.78 is 0. The zero-order valence-corrected chi connectivity index (χ0v) is 7.01. The van der Waals surface area contributed by atoms with Crippen molar-refractivity contribution < 1.29 is 4.79 Å². The highest BCUT2D eigenvalue weighted by Crippen LogP contribution is 2.06. The molecule has 0 aliphatic heterocycles. The van der Waals surface area contributed by atoms with Crippen LogP contribution in [0.15, 0.2) is 48.5 Å². The number of nitrogens with zero attached hydrogens (tertiary/aromatic N) is 2. The van der Waals surface area contributed by atoms with Gasteiger partial charge < -0.3 is 5.53 Å². The van der Waals surface area contributed by atoms with Gasteiger partial charge in [0.15, 0.2) is 0 Å². The molecular weight excluding hydrogens is 160 g/mol. The van der Waals surface area contributed by atoms with Crippen LogP contribution >= 0.6 is 0 Å². The SMILES string of the molecule is [N-]=[N+]=c1ccccc2ccccc12. The van der Waals surface area contributed by atoms with Crippen LogP contribution < -0.4 is 5.36 Å². The molecule has 0 N–H and O–H groups in total. The van der Waals surface area contributed by atoms with Gasteiger partial charge in [-0.1, -0.05) is 36.4 Å². The van der Waals surface area contributed by atoms with Crippen LogP contribution in [0.5, 0.6) is 0 Å². The normalized spacial score (nSPS) is 9.54. The van der Waals surface area contributed by atoms with Gasteiger partial charge in [0, 0.05) is 6.07 Å². The highest BCUT2D eigenvalue weighted by molar-refractivity contribution is 5.80. The summed E-state index contributed by atoms with van der Waals surface area (Å²) in [5.41, 5.74) is 8.77. The van der Waals surface area contributed by atoms with E-state index in [0.29, 0.717) is 5.36 Å². The second-order valence-electron chi connectivity index (χ2n) is 2.79. The quantitative estimate of drug-likeness (QED) is 0.426. The fraction of sp³-hybridized carbons (Fsp3) is 0. The number of hydrogen-bond acceptors (Lipinski definition) is 0. The van der Waals surface area contributed by atoms with E-state index in [4.69, 9.17) is 5.53 Å². The Morgan fingerprint density at radius 3 is 2.15 bits per heavy atom. The van der Waals surface area contributed by atoms with Crippen LogP contribution in [-0.4, -0.2) is 4.79 Å². The van der Waals surface area contributed by atoms with E-state index >= 15 is 0 Å². The molecule has 0 bridgehead atoms. The van der Waals surface area contributed by atoms with E-state index in [1.807, 2.05) is 42.5 Å². The molecule has 0 aliphatic carbocycles. The molecule has 0 atom stereocenters. The third-order valence-corrected chi connectivity index (χ3v) is 1.99. The minimum atomic E-state index is 0.598. The predicted molar refractivity (Wildman–Crippen MR) is 50.7 cm³/mol. The second-order valence-corrected chi connectivity index (χ2v) is 2.79. The Bertz CT molecular complexity index is 525. The summed E-state index contributed by atoms with van der Waals surface area (Å²) >= 11 is 0. The van der Waals surface area contributed by atoms with E-state index in [0.717, 1.165) is 10.8 Å². The van der Waals surface area contributed by atoms with Gasteiger partial charge in [0.05, 0.1) is 5.39 Å². The third-order valence-electron chi connectivity index (χ3n) is 1.99. The molecule has 2 aromatic rings. The van der Waals surface area contributed by atoms with Crippen molar-refractivity contribution in [2.24, 2.45) is 0 Å². The summed E-state index contributed by atoms with van der Waals surface area (Å²) in [5, 5.41) is 2.62. The molecule has 0 aromatic heterocycles. The molecule has 2 nitrogen and oxygen atoms in total. The number of fused-ring (bicyclic) bond motifs is 1. The maximum absolute atomic E-state index is 8.77. The smallest absolute Gasteiger partial charge is 0.323 e. The first-order chi connectivity index (χ1) is 6.42. The maximum Gasteiger partial charge on any atom is 0.323 e. The van der Waals surface area contributed by atoms with E-state index in [1.54, 1.807) is 6.07 Å². The average Bonchev–Trinajstić information content (AvgIpc) is 2.39. The Kier molecular flexibility index (Phi) is 1.91. The highest BCUT2D eigenvalue weighted by atomic mass is 14.8. The largest absolute Gasteiger partial charge is 0.361 e. The Labute approximate surface area is 75.7 Å². The van der Waals surface area contributed by atoms with E-state index in [1.165, 1.54) is 0 Å². The number of benzene rings is 1. The summed E-state index contributed by atoms with van der Waals surface area (Å²) in [6.45, 7) is 0. The minimum Gasteiger partial charge on any atom is -0.361 e. The molecule has 0 spiro atoms. The van der Waals surface area contributed by atoms with Gasteiger partial charge in [0.25, 0.3) is 0 Å². The van der Waals surface area contributed by atoms with Crippen molar-refractivity contribution in [3.8, 4) is 0 Å². The maximum atomic E-state index is 8.77. The molecule has 0 radical (unpaired) electrons. The zero-order valence-electron chi connectivity index (χ0n) is 7.01.